The number of aryl methyl sites for hydroxylation is 1. The van der Waals surface area contributed by atoms with Crippen molar-refractivity contribution < 1.29 is 18.8 Å². The van der Waals surface area contributed by atoms with Crippen LogP contribution in [0.3, 0.4) is 0 Å². The van der Waals surface area contributed by atoms with Crippen LogP contribution in [-0.2, 0) is 26.4 Å². The van der Waals surface area contributed by atoms with Crippen molar-refractivity contribution in [2.75, 3.05) is 19.8 Å². The number of nitrogens with zero attached hydrogens (tertiary/aromatic N) is 2. The molecule has 0 bridgehead atoms. The Morgan fingerprint density at radius 3 is 2.66 bits per heavy atom. The van der Waals surface area contributed by atoms with E-state index in [-0.39, 0.29) is 47.0 Å². The first-order valence-electron chi connectivity index (χ1n) is 10.7. The molecule has 5 rings (SSSR count). The fraction of sp³-hybridized carbons (Fsp3) is 0.478. The van der Waals surface area contributed by atoms with Crippen LogP contribution in [0.1, 0.15) is 36.1 Å². The predicted molar refractivity (Wildman–Crippen MR) is 125 cm³/mol. The van der Waals surface area contributed by atoms with Crippen LogP contribution in [0.2, 0.25) is 0 Å². The van der Waals surface area contributed by atoms with Gasteiger partial charge in [-0.05, 0) is 32.4 Å². The first-order chi connectivity index (χ1) is 15.0. The molecule has 1 spiro atoms. The monoisotopic (exact) mass is 465 g/mol. The third-order valence-corrected chi connectivity index (χ3v) is 7.30. The Hall–Kier alpha value is -1.13. The van der Waals surface area contributed by atoms with Gasteiger partial charge in [0.15, 0.2) is 11.5 Å². The van der Waals surface area contributed by atoms with E-state index >= 15 is 0 Å². The van der Waals surface area contributed by atoms with Gasteiger partial charge in [-0.2, -0.15) is 4.98 Å². The molecule has 1 N–H and O–H groups in total. The zero-order chi connectivity index (χ0) is 21.4. The van der Waals surface area contributed by atoms with Gasteiger partial charge < -0.3 is 18.8 Å². The maximum atomic E-state index is 12.9. The molecule has 1 aliphatic heterocycles. The molecule has 1 aromatic carbocycles. The number of pyridine rings is 1. The van der Waals surface area contributed by atoms with Crippen molar-refractivity contribution in [3.8, 4) is 5.75 Å². The second-order valence-corrected chi connectivity index (χ2v) is 9.82. The van der Waals surface area contributed by atoms with Gasteiger partial charge in [0.1, 0.15) is 5.75 Å². The van der Waals surface area contributed by atoms with Crippen molar-refractivity contribution in [1.82, 2.24) is 15.0 Å². The molecule has 9 heteroatoms. The van der Waals surface area contributed by atoms with Crippen LogP contribution >= 0.6 is 0 Å². The van der Waals surface area contributed by atoms with Gasteiger partial charge in [0.05, 0.1) is 36.5 Å². The summed E-state index contributed by atoms with van der Waals surface area (Å²) < 4.78 is 31.0. The zero-order valence-corrected chi connectivity index (χ0v) is 18.7. The third-order valence-electron chi connectivity index (χ3n) is 6.14. The molecular formula is C23H28N3NaO4S. The number of hydrogen-bond donors (Lipinski definition) is 1. The molecular weight excluding hydrogens is 437 g/mol. The van der Waals surface area contributed by atoms with Gasteiger partial charge in [-0.3, -0.25) is 9.97 Å². The Kier molecular flexibility index (Phi) is 7.51. The average Bonchev–Trinajstić information content (AvgIpc) is 3.19. The van der Waals surface area contributed by atoms with Crippen LogP contribution < -0.4 is 4.74 Å². The molecule has 166 valence electrons. The van der Waals surface area contributed by atoms with Gasteiger partial charge in [-0.15, -0.1) is 0 Å². The van der Waals surface area contributed by atoms with E-state index in [1.54, 1.807) is 6.20 Å². The van der Waals surface area contributed by atoms with Crippen LogP contribution in [0.25, 0.3) is 11.0 Å². The van der Waals surface area contributed by atoms with Gasteiger partial charge in [0.25, 0.3) is 0 Å². The van der Waals surface area contributed by atoms with E-state index in [9.17, 15) is 4.55 Å². The van der Waals surface area contributed by atoms with Crippen LogP contribution in [0.15, 0.2) is 35.6 Å². The number of aromatic nitrogens is 3. The first kappa shape index (κ1) is 24.0. The van der Waals surface area contributed by atoms with E-state index in [0.717, 1.165) is 46.4 Å². The second-order valence-electron chi connectivity index (χ2n) is 8.45. The molecule has 7 nitrogen and oxygen atoms in total. The number of fused-ring (bicyclic) bond motifs is 1. The maximum absolute atomic E-state index is 12.9. The van der Waals surface area contributed by atoms with Crippen molar-refractivity contribution in [2.24, 2.45) is 5.92 Å². The Bertz CT molecular complexity index is 1050. The van der Waals surface area contributed by atoms with E-state index in [0.29, 0.717) is 25.0 Å². The molecule has 0 amide bonds. The summed E-state index contributed by atoms with van der Waals surface area (Å²) in [6, 6.07) is 7.67. The Balaban J connectivity index is 0.00000245. The summed E-state index contributed by atoms with van der Waals surface area (Å²) in [5, 5.41) is 0.465. The number of H-pyrrole nitrogens is 1. The van der Waals surface area contributed by atoms with Gasteiger partial charge in [-0.1, -0.05) is 12.1 Å². The average molecular weight is 466 g/mol. The molecule has 1 saturated heterocycles. The predicted octanol–water partition coefficient (Wildman–Crippen LogP) is 3.16. The molecule has 1 unspecified atom stereocenters. The number of nitrogens with one attached hydrogen (secondary N) is 1. The molecule has 2 aliphatic rings. The number of imidazole rings is 1. The van der Waals surface area contributed by atoms with E-state index in [4.69, 9.17) is 14.2 Å². The van der Waals surface area contributed by atoms with Crippen LogP contribution in [0.4, 0.5) is 0 Å². The van der Waals surface area contributed by atoms with Gasteiger partial charge in [0.2, 0.25) is 0 Å². The topological polar surface area (TPSA) is 92.3 Å². The van der Waals surface area contributed by atoms with Gasteiger partial charge >= 0.3 is 34.7 Å². The summed E-state index contributed by atoms with van der Waals surface area (Å²) in [5.41, 5.74) is 4.32. The van der Waals surface area contributed by atoms with Gasteiger partial charge in [0, 0.05) is 47.3 Å². The molecule has 1 aliphatic carbocycles. The number of benzene rings is 1. The van der Waals surface area contributed by atoms with Crippen molar-refractivity contribution in [3.05, 3.63) is 47.3 Å². The SMILES string of the molecule is Cc1cnc(C[S+]([O-])c2nc3ccccc3[nH]2)c(C)c1OCC1COC2(CCC2)OC1.[NaH]. The number of hydrogen-bond acceptors (Lipinski definition) is 6. The summed E-state index contributed by atoms with van der Waals surface area (Å²) in [5.74, 6) is 0.967. The number of rotatable bonds is 6. The third kappa shape index (κ3) is 4.87. The summed E-state index contributed by atoms with van der Waals surface area (Å²) in [4.78, 5) is 12.1. The van der Waals surface area contributed by atoms with E-state index in [2.05, 4.69) is 15.0 Å². The van der Waals surface area contributed by atoms with Crippen molar-refractivity contribution in [2.45, 2.75) is 49.8 Å². The van der Waals surface area contributed by atoms with E-state index in [1.807, 2.05) is 38.1 Å². The normalized spacial score (nSPS) is 18.8. The number of ether oxygens (including phenoxy) is 3. The van der Waals surface area contributed by atoms with Crippen LogP contribution in [0, 0.1) is 19.8 Å². The number of aromatic amines is 1. The quantitative estimate of drug-likeness (QED) is 0.444. The second kappa shape index (κ2) is 10.0. The summed E-state index contributed by atoms with van der Waals surface area (Å²) in [7, 11) is 0. The van der Waals surface area contributed by atoms with Gasteiger partial charge in [-0.25, -0.2) is 0 Å². The van der Waals surface area contributed by atoms with E-state index in [1.165, 1.54) is 6.42 Å². The minimum absolute atomic E-state index is 0. The standard InChI is InChI=1S/C23H27N3O4S.Na.H/c1-15-10-24-20(14-31(27)22-25-18-6-3-4-7-19(18)26-22)16(2)21(15)28-11-17-12-29-23(30-13-17)8-5-9-23;;/h3-4,6-7,10,17H,5,8-9,11-14H2,1-2H3,(H,25,26);;. The molecule has 0 radical (unpaired) electrons. The molecule has 2 aromatic heterocycles. The molecule has 3 heterocycles. The van der Waals surface area contributed by atoms with Crippen LogP contribution in [0.5, 0.6) is 5.75 Å². The van der Waals surface area contributed by atoms with Crippen molar-refractivity contribution >= 4 is 51.8 Å². The Labute approximate surface area is 213 Å². The van der Waals surface area contributed by atoms with Crippen LogP contribution in [-0.4, -0.2) is 74.7 Å². The molecule has 1 saturated carbocycles. The molecule has 32 heavy (non-hydrogen) atoms. The molecule has 2 fully saturated rings. The Morgan fingerprint density at radius 1 is 1.22 bits per heavy atom. The van der Waals surface area contributed by atoms with Crippen molar-refractivity contribution in [3.63, 3.8) is 0 Å². The molecule has 1 atom stereocenters. The number of para-hydroxylation sites is 2. The summed E-state index contributed by atoms with van der Waals surface area (Å²) in [6.07, 6.45) is 4.95. The molecule has 3 aromatic rings. The van der Waals surface area contributed by atoms with Crippen molar-refractivity contribution in [1.29, 1.82) is 0 Å². The summed E-state index contributed by atoms with van der Waals surface area (Å²) >= 11 is -1.33. The first-order valence-corrected chi connectivity index (χ1v) is 12.0. The Morgan fingerprint density at radius 2 is 1.97 bits per heavy atom. The zero-order valence-electron chi connectivity index (χ0n) is 17.8. The minimum atomic E-state index is -1.33. The van der Waals surface area contributed by atoms with E-state index < -0.39 is 11.2 Å². The summed E-state index contributed by atoms with van der Waals surface area (Å²) in [6.45, 7) is 5.79. The fourth-order valence-corrected chi connectivity index (χ4v) is 5.14. The fourth-order valence-electron chi connectivity index (χ4n) is 4.04.